The molecule has 2 unspecified atom stereocenters. The Hall–Kier alpha value is -0.810. The smallest absolute Gasteiger partial charge is 0.239 e. The molecule has 16 heavy (non-hydrogen) atoms. The van der Waals surface area contributed by atoms with Gasteiger partial charge in [0.15, 0.2) is 0 Å². The summed E-state index contributed by atoms with van der Waals surface area (Å²) in [5.41, 5.74) is 0. The van der Waals surface area contributed by atoms with Gasteiger partial charge in [-0.3, -0.25) is 9.59 Å². The van der Waals surface area contributed by atoms with Crippen LogP contribution in [-0.4, -0.2) is 49.4 Å². The summed E-state index contributed by atoms with van der Waals surface area (Å²) in [4.78, 5) is 23.8. The van der Waals surface area contributed by atoms with Gasteiger partial charge in [-0.25, -0.2) is 0 Å². The summed E-state index contributed by atoms with van der Waals surface area (Å²) in [6.45, 7) is 3.65. The average molecular weight is 248 g/mol. The predicted molar refractivity (Wildman–Crippen MR) is 62.3 cm³/mol. The molecule has 2 amide bonds. The van der Waals surface area contributed by atoms with E-state index >= 15 is 0 Å². The zero-order valence-corrected chi connectivity index (χ0v) is 10.3. The van der Waals surface area contributed by atoms with E-state index in [1.165, 1.54) is 11.8 Å². The van der Waals surface area contributed by atoms with Crippen LogP contribution in [0.1, 0.15) is 6.92 Å². The summed E-state index contributed by atoms with van der Waals surface area (Å²) in [5, 5.41) is 6.24. The number of rotatable bonds is 3. The van der Waals surface area contributed by atoms with Gasteiger partial charge in [-0.05, 0) is 11.8 Å². The van der Waals surface area contributed by atoms with Crippen LogP contribution in [0.25, 0.3) is 0 Å². The topological polar surface area (TPSA) is 61.4 Å². The van der Waals surface area contributed by atoms with Crippen molar-refractivity contribution in [1.82, 2.24) is 15.5 Å². The van der Waals surface area contributed by atoms with E-state index in [4.69, 9.17) is 0 Å². The lowest BCUT2D eigenvalue weighted by molar-refractivity contribution is -0.133. The van der Waals surface area contributed by atoms with Gasteiger partial charge >= 0.3 is 0 Å². The third-order valence-corrected chi connectivity index (χ3v) is 3.34. The minimum Gasteiger partial charge on any atom is -0.351 e. The molecule has 92 valence electrons. The van der Waals surface area contributed by atoms with Crippen LogP contribution >= 0.6 is 12.4 Å². The Balaban J connectivity index is 0.00000128. The van der Waals surface area contributed by atoms with Crippen LogP contribution in [0.2, 0.25) is 0 Å². The van der Waals surface area contributed by atoms with E-state index in [1.54, 1.807) is 7.05 Å². The summed E-state index contributed by atoms with van der Waals surface area (Å²) in [6, 6.07) is 0.346. The highest BCUT2D eigenvalue weighted by Gasteiger charge is 2.53. The quantitative estimate of drug-likeness (QED) is 0.688. The van der Waals surface area contributed by atoms with Gasteiger partial charge < -0.3 is 15.5 Å². The molecule has 6 heteroatoms. The van der Waals surface area contributed by atoms with E-state index < -0.39 is 0 Å². The van der Waals surface area contributed by atoms with E-state index in [9.17, 15) is 9.59 Å². The number of hydrogen-bond acceptors (Lipinski definition) is 3. The van der Waals surface area contributed by atoms with Gasteiger partial charge in [0.2, 0.25) is 11.8 Å². The fourth-order valence-electron chi connectivity index (χ4n) is 2.19. The first-order valence-electron chi connectivity index (χ1n) is 5.31. The Morgan fingerprint density at radius 2 is 1.94 bits per heavy atom. The number of likely N-dealkylation sites (N-methyl/N-ethyl adjacent to an activating group) is 1. The number of hydrogen-bond donors (Lipinski definition) is 2. The van der Waals surface area contributed by atoms with Gasteiger partial charge in [0.05, 0.1) is 6.54 Å². The van der Waals surface area contributed by atoms with Crippen LogP contribution in [0.15, 0.2) is 0 Å². The largest absolute Gasteiger partial charge is 0.351 e. The highest BCUT2D eigenvalue weighted by molar-refractivity contribution is 5.85. The Morgan fingerprint density at radius 3 is 2.44 bits per heavy atom. The highest BCUT2D eigenvalue weighted by atomic mass is 35.5. The number of nitrogens with one attached hydrogen (secondary N) is 2. The third kappa shape index (κ3) is 2.65. The van der Waals surface area contributed by atoms with Crippen molar-refractivity contribution >= 4 is 24.2 Å². The average Bonchev–Trinajstić information content (AvgIpc) is 2.63. The first-order valence-corrected chi connectivity index (χ1v) is 5.31. The fourth-order valence-corrected chi connectivity index (χ4v) is 2.19. The minimum absolute atomic E-state index is 0. The lowest BCUT2D eigenvalue weighted by atomic mass is 10.4. The number of carbonyl (C=O) groups excluding carboxylic acids is 2. The van der Waals surface area contributed by atoms with Crippen molar-refractivity contribution in [1.29, 1.82) is 0 Å². The molecule has 0 aromatic rings. The summed E-state index contributed by atoms with van der Waals surface area (Å²) in [6.07, 6.45) is 0. The molecular formula is C10H18ClN3O2. The second kappa shape index (κ2) is 5.01. The lowest BCUT2D eigenvalue weighted by Crippen LogP contribution is -2.40. The normalized spacial score (nSPS) is 30.0. The minimum atomic E-state index is -0.0807. The van der Waals surface area contributed by atoms with E-state index in [1.807, 2.05) is 0 Å². The lowest BCUT2D eigenvalue weighted by Gasteiger charge is -2.15. The van der Waals surface area contributed by atoms with E-state index in [0.717, 1.165) is 13.1 Å². The zero-order chi connectivity index (χ0) is 11.0. The molecule has 0 radical (unpaired) electrons. The van der Waals surface area contributed by atoms with Crippen LogP contribution in [-0.2, 0) is 9.59 Å². The Morgan fingerprint density at radius 1 is 1.38 bits per heavy atom. The highest BCUT2D eigenvalue weighted by Crippen LogP contribution is 2.41. The molecule has 0 aromatic carbocycles. The third-order valence-electron chi connectivity index (χ3n) is 3.34. The molecule has 1 saturated heterocycles. The van der Waals surface area contributed by atoms with Gasteiger partial charge in [0.1, 0.15) is 0 Å². The predicted octanol–water partition coefficient (Wildman–Crippen LogP) is -0.779. The number of fused-ring (bicyclic) bond motifs is 1. The molecule has 2 fully saturated rings. The summed E-state index contributed by atoms with van der Waals surface area (Å²) < 4.78 is 0. The van der Waals surface area contributed by atoms with Crippen LogP contribution < -0.4 is 10.6 Å². The van der Waals surface area contributed by atoms with E-state index in [2.05, 4.69) is 10.6 Å². The molecule has 1 saturated carbocycles. The Labute approximate surface area is 101 Å². The molecule has 2 rings (SSSR count). The molecule has 0 aromatic heterocycles. The maximum Gasteiger partial charge on any atom is 0.239 e. The molecule has 2 atom stereocenters. The van der Waals surface area contributed by atoms with E-state index in [0.29, 0.717) is 17.9 Å². The molecule has 0 bridgehead atoms. The zero-order valence-electron chi connectivity index (χ0n) is 9.53. The number of nitrogens with zero attached hydrogens (tertiary/aromatic N) is 1. The first kappa shape index (κ1) is 13.3. The second-order valence-electron chi connectivity index (χ2n) is 4.45. The maximum absolute atomic E-state index is 11.5. The Bertz CT molecular complexity index is 288. The molecule has 1 aliphatic carbocycles. The monoisotopic (exact) mass is 247 g/mol. The van der Waals surface area contributed by atoms with Crippen molar-refractivity contribution in [2.45, 2.75) is 13.0 Å². The van der Waals surface area contributed by atoms with Crippen LogP contribution in [0.4, 0.5) is 0 Å². The molecule has 2 N–H and O–H groups in total. The van der Waals surface area contributed by atoms with Crippen molar-refractivity contribution in [2.24, 2.45) is 11.8 Å². The van der Waals surface area contributed by atoms with Gasteiger partial charge in [-0.2, -0.15) is 0 Å². The van der Waals surface area contributed by atoms with Gasteiger partial charge in [0.25, 0.3) is 0 Å². The second-order valence-corrected chi connectivity index (χ2v) is 4.45. The van der Waals surface area contributed by atoms with Crippen molar-refractivity contribution in [3.63, 3.8) is 0 Å². The van der Waals surface area contributed by atoms with Gasteiger partial charge in [-0.15, -0.1) is 12.4 Å². The molecule has 1 aliphatic heterocycles. The maximum atomic E-state index is 11.5. The van der Waals surface area contributed by atoms with Crippen LogP contribution in [0.3, 0.4) is 0 Å². The van der Waals surface area contributed by atoms with Crippen molar-refractivity contribution in [3.05, 3.63) is 0 Å². The van der Waals surface area contributed by atoms with Crippen molar-refractivity contribution in [2.75, 3.05) is 26.7 Å². The van der Waals surface area contributed by atoms with Gasteiger partial charge in [0, 0.05) is 33.1 Å². The number of halogens is 1. The fraction of sp³-hybridized carbons (Fsp3) is 0.800. The summed E-state index contributed by atoms with van der Waals surface area (Å²) in [7, 11) is 1.64. The molecule has 5 nitrogen and oxygen atoms in total. The Kier molecular flexibility index (Phi) is 4.15. The number of carbonyl (C=O) groups is 2. The molecular weight excluding hydrogens is 230 g/mol. The molecule has 0 spiro atoms. The van der Waals surface area contributed by atoms with Crippen molar-refractivity contribution in [3.8, 4) is 0 Å². The van der Waals surface area contributed by atoms with Crippen LogP contribution in [0.5, 0.6) is 0 Å². The molecule has 1 heterocycles. The first-order chi connectivity index (χ1) is 7.09. The number of piperidine rings is 1. The summed E-state index contributed by atoms with van der Waals surface area (Å²) >= 11 is 0. The standard InChI is InChI=1S/C10H17N3O2.ClH/c1-6(14)13(2)5-9(15)12-10-7-3-11-4-8(7)10;/h7-8,10-11H,3-5H2,1-2H3,(H,12,15);1H. The van der Waals surface area contributed by atoms with Gasteiger partial charge in [-0.1, -0.05) is 0 Å². The SMILES string of the molecule is CC(=O)N(C)CC(=O)NC1C2CNCC21.Cl. The van der Waals surface area contributed by atoms with Crippen LogP contribution in [0, 0.1) is 11.8 Å². The number of amides is 2. The summed E-state index contributed by atoms with van der Waals surface area (Å²) in [5.74, 6) is 1.11. The van der Waals surface area contributed by atoms with E-state index in [-0.39, 0.29) is 30.8 Å². The molecule has 2 aliphatic rings. The van der Waals surface area contributed by atoms with Crippen molar-refractivity contribution < 1.29 is 9.59 Å².